The lowest BCUT2D eigenvalue weighted by Gasteiger charge is -2.12. The number of fused-ring (bicyclic) bond motifs is 1. The summed E-state index contributed by atoms with van der Waals surface area (Å²) in [6.45, 7) is 0.613. The van der Waals surface area contributed by atoms with Crippen molar-refractivity contribution < 1.29 is 8.42 Å². The lowest BCUT2D eigenvalue weighted by molar-refractivity contribution is 0.597. The van der Waals surface area contributed by atoms with E-state index in [2.05, 4.69) is 17.1 Å². The van der Waals surface area contributed by atoms with Gasteiger partial charge in [0.25, 0.3) is 0 Å². The monoisotopic (exact) mass is 346 g/mol. The molecule has 23 heavy (non-hydrogen) atoms. The molecular formula is C17H18N2O2S2. The topological polar surface area (TPSA) is 52.0 Å². The third kappa shape index (κ3) is 3.59. The van der Waals surface area contributed by atoms with Crippen LogP contribution in [0.2, 0.25) is 0 Å². The summed E-state index contributed by atoms with van der Waals surface area (Å²) in [5.41, 5.74) is 2.95. The predicted octanol–water partition coefficient (Wildman–Crippen LogP) is 3.35. The van der Waals surface area contributed by atoms with Gasteiger partial charge in [-0.1, -0.05) is 30.3 Å². The van der Waals surface area contributed by atoms with Gasteiger partial charge in [0.1, 0.15) is 11.6 Å². The molecule has 3 rings (SSSR count). The normalized spacial score (nSPS) is 11.9. The van der Waals surface area contributed by atoms with Gasteiger partial charge in [0.05, 0.1) is 17.6 Å². The Morgan fingerprint density at radius 1 is 1.09 bits per heavy atom. The minimum atomic E-state index is -3.14. The van der Waals surface area contributed by atoms with Crippen molar-refractivity contribution in [1.82, 2.24) is 9.55 Å². The zero-order valence-electron chi connectivity index (χ0n) is 13.1. The summed E-state index contributed by atoms with van der Waals surface area (Å²) in [6.07, 6.45) is 3.29. The van der Waals surface area contributed by atoms with Crippen LogP contribution in [-0.2, 0) is 22.1 Å². The van der Waals surface area contributed by atoms with E-state index in [-0.39, 0.29) is 5.75 Å². The molecule has 0 aliphatic carbocycles. The molecule has 0 amide bonds. The number of benzene rings is 2. The van der Waals surface area contributed by atoms with Crippen LogP contribution >= 0.6 is 11.8 Å². The maximum atomic E-state index is 11.7. The van der Waals surface area contributed by atoms with Gasteiger partial charge in [-0.25, -0.2) is 13.4 Å². The highest BCUT2D eigenvalue weighted by Crippen LogP contribution is 2.24. The van der Waals surface area contributed by atoms with E-state index in [1.807, 2.05) is 47.2 Å². The van der Waals surface area contributed by atoms with E-state index in [1.54, 1.807) is 11.8 Å². The summed E-state index contributed by atoms with van der Waals surface area (Å²) in [5.74, 6) is 0.535. The molecule has 0 atom stereocenters. The number of sulfone groups is 1. The van der Waals surface area contributed by atoms with Crippen molar-refractivity contribution in [2.45, 2.75) is 17.2 Å². The molecule has 0 fully saturated rings. The molecule has 0 saturated carbocycles. The molecule has 0 aliphatic rings. The van der Waals surface area contributed by atoms with E-state index >= 15 is 0 Å². The molecule has 0 radical (unpaired) electrons. The molecule has 0 aliphatic heterocycles. The Morgan fingerprint density at radius 3 is 2.52 bits per heavy atom. The lowest BCUT2D eigenvalue weighted by Crippen LogP contribution is -2.10. The van der Waals surface area contributed by atoms with Gasteiger partial charge in [-0.3, -0.25) is 0 Å². The van der Waals surface area contributed by atoms with Crippen LogP contribution in [0.4, 0.5) is 0 Å². The first-order valence-electron chi connectivity index (χ1n) is 7.22. The first-order valence-corrected chi connectivity index (χ1v) is 10.5. The minimum Gasteiger partial charge on any atom is -0.323 e. The molecular weight excluding hydrogens is 328 g/mol. The van der Waals surface area contributed by atoms with Crippen molar-refractivity contribution in [3.8, 4) is 0 Å². The first kappa shape index (κ1) is 16.1. The van der Waals surface area contributed by atoms with Crippen LogP contribution in [0.5, 0.6) is 0 Å². The van der Waals surface area contributed by atoms with E-state index in [0.29, 0.717) is 12.4 Å². The maximum absolute atomic E-state index is 11.7. The van der Waals surface area contributed by atoms with Gasteiger partial charge in [0.2, 0.25) is 0 Å². The first-order chi connectivity index (χ1) is 11.0. The van der Waals surface area contributed by atoms with Crippen molar-refractivity contribution in [2.24, 2.45) is 0 Å². The largest absolute Gasteiger partial charge is 0.323 e. The Balaban J connectivity index is 2.12. The predicted molar refractivity (Wildman–Crippen MR) is 95.6 cm³/mol. The van der Waals surface area contributed by atoms with E-state index in [1.165, 1.54) is 11.2 Å². The summed E-state index contributed by atoms with van der Waals surface area (Å²) >= 11 is 1.69. The van der Waals surface area contributed by atoms with Crippen LogP contribution in [0.3, 0.4) is 0 Å². The van der Waals surface area contributed by atoms with Gasteiger partial charge in [-0.05, 0) is 30.0 Å². The Labute approximate surface area is 140 Å². The third-order valence-electron chi connectivity index (χ3n) is 3.65. The molecule has 0 saturated heterocycles. The zero-order chi connectivity index (χ0) is 16.4. The van der Waals surface area contributed by atoms with E-state index in [9.17, 15) is 8.42 Å². The molecule has 3 aromatic rings. The third-order valence-corrected chi connectivity index (χ3v) is 5.27. The van der Waals surface area contributed by atoms with Crippen LogP contribution in [-0.4, -0.2) is 30.5 Å². The second kappa shape index (κ2) is 6.37. The summed E-state index contributed by atoms with van der Waals surface area (Å²) in [6, 6.07) is 15.9. The lowest BCUT2D eigenvalue weighted by atomic mass is 10.2. The summed E-state index contributed by atoms with van der Waals surface area (Å²) in [4.78, 5) is 5.72. The Bertz CT molecular complexity index is 946. The fourth-order valence-corrected chi connectivity index (χ4v) is 3.95. The molecule has 2 aromatic carbocycles. The highest BCUT2D eigenvalue weighted by atomic mass is 32.2. The molecule has 4 nitrogen and oxygen atoms in total. The number of thioether (sulfide) groups is 1. The van der Waals surface area contributed by atoms with Gasteiger partial charge in [-0.2, -0.15) is 0 Å². The van der Waals surface area contributed by atoms with Crippen LogP contribution in [0.15, 0.2) is 53.4 Å². The number of para-hydroxylation sites is 2. The zero-order valence-corrected chi connectivity index (χ0v) is 14.7. The molecule has 6 heteroatoms. The number of aromatic nitrogens is 2. The average molecular weight is 346 g/mol. The van der Waals surface area contributed by atoms with Crippen LogP contribution in [0.25, 0.3) is 11.0 Å². The highest BCUT2D eigenvalue weighted by Gasteiger charge is 2.16. The van der Waals surface area contributed by atoms with Crippen LogP contribution in [0, 0.1) is 0 Å². The molecule has 1 aromatic heterocycles. The number of nitrogens with zero attached hydrogens (tertiary/aromatic N) is 2. The van der Waals surface area contributed by atoms with Crippen molar-refractivity contribution in [3.63, 3.8) is 0 Å². The van der Waals surface area contributed by atoms with Gasteiger partial charge in [0, 0.05) is 11.2 Å². The smallest absolute Gasteiger partial charge is 0.154 e. The molecule has 0 spiro atoms. The molecule has 0 bridgehead atoms. The Morgan fingerprint density at radius 2 is 1.78 bits per heavy atom. The quantitative estimate of drug-likeness (QED) is 0.665. The van der Waals surface area contributed by atoms with Crippen LogP contribution in [0.1, 0.15) is 11.4 Å². The number of hydrogen-bond donors (Lipinski definition) is 0. The fraction of sp³-hybridized carbons (Fsp3) is 0.235. The standard InChI is InChI=1S/C17H18N2O2S2/c1-22-16-10-6-3-7-13(16)11-19-15-9-5-4-8-14(15)18-17(19)12-23(2,20)21/h3-10H,11-12H2,1-2H3. The van der Waals surface area contributed by atoms with Gasteiger partial charge in [0.15, 0.2) is 9.84 Å². The maximum Gasteiger partial charge on any atom is 0.154 e. The van der Waals surface area contributed by atoms with Gasteiger partial charge in [-0.15, -0.1) is 11.8 Å². The van der Waals surface area contributed by atoms with Gasteiger partial charge < -0.3 is 4.57 Å². The molecule has 1 heterocycles. The highest BCUT2D eigenvalue weighted by molar-refractivity contribution is 7.98. The second-order valence-electron chi connectivity index (χ2n) is 5.48. The number of imidazole rings is 1. The molecule has 0 unspecified atom stereocenters. The fourth-order valence-electron chi connectivity index (χ4n) is 2.65. The Hall–Kier alpha value is -1.79. The van der Waals surface area contributed by atoms with Crippen molar-refractivity contribution in [2.75, 3.05) is 12.5 Å². The van der Waals surface area contributed by atoms with Crippen LogP contribution < -0.4 is 0 Å². The van der Waals surface area contributed by atoms with Crippen molar-refractivity contribution >= 4 is 32.6 Å². The van der Waals surface area contributed by atoms with E-state index in [4.69, 9.17) is 0 Å². The van der Waals surface area contributed by atoms with E-state index < -0.39 is 9.84 Å². The van der Waals surface area contributed by atoms with Crippen molar-refractivity contribution in [3.05, 3.63) is 59.9 Å². The SMILES string of the molecule is CSc1ccccc1Cn1c(CS(C)(=O)=O)nc2ccccc21. The number of hydrogen-bond acceptors (Lipinski definition) is 4. The van der Waals surface area contributed by atoms with Crippen molar-refractivity contribution in [1.29, 1.82) is 0 Å². The summed E-state index contributed by atoms with van der Waals surface area (Å²) < 4.78 is 25.5. The Kier molecular flexibility index (Phi) is 4.46. The van der Waals surface area contributed by atoms with Gasteiger partial charge >= 0.3 is 0 Å². The average Bonchev–Trinajstić information content (AvgIpc) is 2.83. The molecule has 120 valence electrons. The number of rotatable bonds is 5. The molecule has 0 N–H and O–H groups in total. The summed E-state index contributed by atoms with van der Waals surface area (Å²) in [5, 5.41) is 0. The van der Waals surface area contributed by atoms with E-state index in [0.717, 1.165) is 16.6 Å². The minimum absolute atomic E-state index is 0.0525. The second-order valence-corrected chi connectivity index (χ2v) is 8.47. The summed E-state index contributed by atoms with van der Waals surface area (Å²) in [7, 11) is -3.14.